The van der Waals surface area contributed by atoms with Gasteiger partial charge in [-0.3, -0.25) is 4.79 Å². The van der Waals surface area contributed by atoms with Crippen LogP contribution < -0.4 is 4.90 Å². The second kappa shape index (κ2) is 7.73. The van der Waals surface area contributed by atoms with Crippen molar-refractivity contribution in [2.45, 2.75) is 6.18 Å². The fourth-order valence-electron chi connectivity index (χ4n) is 2.77. The average molecular weight is 439 g/mol. The van der Waals surface area contributed by atoms with E-state index in [9.17, 15) is 18.0 Å². The SMILES string of the molecule is O=C(c1ccc(Cl)cc1Cl)N1CCN(c2ncc(C(F)(F)F)cc2Cl)CC1. The summed E-state index contributed by atoms with van der Waals surface area (Å²) in [5.41, 5.74) is -0.553. The first-order valence-electron chi connectivity index (χ1n) is 7.89. The summed E-state index contributed by atoms with van der Waals surface area (Å²) >= 11 is 17.9. The van der Waals surface area contributed by atoms with Crippen LogP contribution in [0.5, 0.6) is 0 Å². The zero-order valence-corrected chi connectivity index (χ0v) is 16.0. The van der Waals surface area contributed by atoms with Gasteiger partial charge in [-0.15, -0.1) is 0 Å². The first-order chi connectivity index (χ1) is 12.7. The Labute approximate surface area is 168 Å². The molecule has 27 heavy (non-hydrogen) atoms. The Morgan fingerprint density at radius 1 is 1.00 bits per heavy atom. The molecule has 0 aliphatic carbocycles. The van der Waals surface area contributed by atoms with Crippen LogP contribution in [-0.4, -0.2) is 42.0 Å². The van der Waals surface area contributed by atoms with Crippen LogP contribution in [0, 0.1) is 0 Å². The van der Waals surface area contributed by atoms with E-state index in [0.717, 1.165) is 12.3 Å². The van der Waals surface area contributed by atoms with Crippen LogP contribution in [0.3, 0.4) is 0 Å². The summed E-state index contributed by atoms with van der Waals surface area (Å²) in [7, 11) is 0. The Morgan fingerprint density at radius 2 is 1.67 bits per heavy atom. The second-order valence-electron chi connectivity index (χ2n) is 5.93. The third-order valence-electron chi connectivity index (χ3n) is 4.18. The lowest BCUT2D eigenvalue weighted by atomic mass is 10.1. The number of nitrogens with zero attached hydrogens (tertiary/aromatic N) is 3. The summed E-state index contributed by atoms with van der Waals surface area (Å²) in [6.45, 7) is 1.48. The number of benzene rings is 1. The van der Waals surface area contributed by atoms with Crippen LogP contribution in [0.1, 0.15) is 15.9 Å². The highest BCUT2D eigenvalue weighted by Crippen LogP contribution is 2.34. The van der Waals surface area contributed by atoms with Crippen LogP contribution in [0.4, 0.5) is 19.0 Å². The molecule has 144 valence electrons. The summed E-state index contributed by atoms with van der Waals surface area (Å²) in [6.07, 6.45) is -3.75. The molecule has 4 nitrogen and oxygen atoms in total. The van der Waals surface area contributed by atoms with Gasteiger partial charge in [0.1, 0.15) is 5.82 Å². The van der Waals surface area contributed by atoms with Gasteiger partial charge in [0.25, 0.3) is 5.91 Å². The number of hydrogen-bond donors (Lipinski definition) is 0. The van der Waals surface area contributed by atoms with E-state index in [1.807, 2.05) is 0 Å². The number of rotatable bonds is 2. The molecule has 2 aromatic rings. The maximum absolute atomic E-state index is 12.7. The monoisotopic (exact) mass is 437 g/mol. The predicted molar refractivity (Wildman–Crippen MR) is 98.8 cm³/mol. The molecule has 1 aromatic heterocycles. The molecule has 0 radical (unpaired) electrons. The molecule has 0 unspecified atom stereocenters. The third kappa shape index (κ3) is 4.42. The Kier molecular flexibility index (Phi) is 5.74. The van der Waals surface area contributed by atoms with E-state index in [0.29, 0.717) is 36.8 Å². The smallest absolute Gasteiger partial charge is 0.352 e. The van der Waals surface area contributed by atoms with Crippen LogP contribution >= 0.6 is 34.8 Å². The predicted octanol–water partition coefficient (Wildman–Crippen LogP) is 5.02. The molecule has 0 N–H and O–H groups in total. The van der Waals surface area contributed by atoms with Crippen LogP contribution in [0.15, 0.2) is 30.5 Å². The van der Waals surface area contributed by atoms with E-state index in [1.165, 1.54) is 6.07 Å². The standard InChI is InChI=1S/C17H13Cl3F3N3O/c18-11-1-2-12(13(19)8-11)16(27)26-5-3-25(4-6-26)15-14(20)7-10(9-24-15)17(21,22)23/h1-2,7-9H,3-6H2. The lowest BCUT2D eigenvalue weighted by Crippen LogP contribution is -2.49. The fraction of sp³-hybridized carbons (Fsp3) is 0.294. The van der Waals surface area contributed by atoms with Gasteiger partial charge in [-0.05, 0) is 24.3 Å². The Bertz CT molecular complexity index is 868. The van der Waals surface area contributed by atoms with Crippen LogP contribution in [-0.2, 0) is 6.18 Å². The van der Waals surface area contributed by atoms with Gasteiger partial charge in [0.05, 0.1) is 21.2 Å². The van der Waals surface area contributed by atoms with Gasteiger partial charge in [0, 0.05) is 37.4 Å². The molecular weight excluding hydrogens is 426 g/mol. The first kappa shape index (κ1) is 20.0. The molecule has 1 fully saturated rings. The first-order valence-corrected chi connectivity index (χ1v) is 9.02. The summed E-state index contributed by atoms with van der Waals surface area (Å²) in [6, 6.07) is 5.50. The van der Waals surface area contributed by atoms with Crippen molar-refractivity contribution in [2.24, 2.45) is 0 Å². The highest BCUT2D eigenvalue weighted by molar-refractivity contribution is 6.36. The molecule has 0 spiro atoms. The van der Waals surface area contributed by atoms with Gasteiger partial charge in [0.2, 0.25) is 0 Å². The van der Waals surface area contributed by atoms with Gasteiger partial charge < -0.3 is 9.80 Å². The normalized spacial score (nSPS) is 15.2. The molecule has 3 rings (SSSR count). The molecule has 1 aromatic carbocycles. The van der Waals surface area contributed by atoms with Gasteiger partial charge >= 0.3 is 6.18 Å². The van der Waals surface area contributed by atoms with Gasteiger partial charge in [0.15, 0.2) is 0 Å². The number of carbonyl (C=O) groups excluding carboxylic acids is 1. The van der Waals surface area contributed by atoms with E-state index >= 15 is 0 Å². The number of anilines is 1. The van der Waals surface area contributed by atoms with Crippen LogP contribution in [0.25, 0.3) is 0 Å². The zero-order valence-electron chi connectivity index (χ0n) is 13.7. The van der Waals surface area contributed by atoms with Crippen molar-refractivity contribution in [3.63, 3.8) is 0 Å². The minimum Gasteiger partial charge on any atom is -0.352 e. The van der Waals surface area contributed by atoms with Gasteiger partial charge in [-0.2, -0.15) is 13.2 Å². The molecule has 0 saturated carbocycles. The minimum absolute atomic E-state index is 0.0784. The number of piperazine rings is 1. The summed E-state index contributed by atoms with van der Waals surface area (Å²) < 4.78 is 38.2. The number of amides is 1. The Balaban J connectivity index is 1.69. The molecule has 1 aliphatic rings. The van der Waals surface area contributed by atoms with E-state index in [-0.39, 0.29) is 21.8 Å². The Morgan fingerprint density at radius 3 is 2.22 bits per heavy atom. The maximum atomic E-state index is 12.7. The molecule has 1 aliphatic heterocycles. The fourth-order valence-corrected chi connectivity index (χ4v) is 3.55. The number of pyridine rings is 1. The van der Waals surface area contributed by atoms with Gasteiger partial charge in [-0.25, -0.2) is 4.98 Å². The van der Waals surface area contributed by atoms with Crippen molar-refractivity contribution >= 4 is 46.5 Å². The number of alkyl halides is 3. The highest BCUT2D eigenvalue weighted by Gasteiger charge is 2.32. The van der Waals surface area contributed by atoms with Crippen molar-refractivity contribution in [1.29, 1.82) is 0 Å². The minimum atomic E-state index is -4.50. The molecule has 2 heterocycles. The molecule has 0 bridgehead atoms. The van der Waals surface area contributed by atoms with Crippen molar-refractivity contribution in [3.8, 4) is 0 Å². The third-order valence-corrected chi connectivity index (χ3v) is 5.00. The number of aromatic nitrogens is 1. The van der Waals surface area contributed by atoms with E-state index < -0.39 is 11.7 Å². The van der Waals surface area contributed by atoms with Crippen LogP contribution in [0.2, 0.25) is 15.1 Å². The Hall–Kier alpha value is -1.70. The van der Waals surface area contributed by atoms with Crippen molar-refractivity contribution in [1.82, 2.24) is 9.88 Å². The van der Waals surface area contributed by atoms with Crippen molar-refractivity contribution < 1.29 is 18.0 Å². The molecule has 0 atom stereocenters. The summed E-state index contributed by atoms with van der Waals surface area (Å²) in [5, 5.41) is 0.622. The van der Waals surface area contributed by atoms with E-state index in [1.54, 1.807) is 21.9 Å². The quantitative estimate of drug-likeness (QED) is 0.660. The largest absolute Gasteiger partial charge is 0.417 e. The second-order valence-corrected chi connectivity index (χ2v) is 7.18. The molecule has 10 heteroatoms. The maximum Gasteiger partial charge on any atom is 0.417 e. The van der Waals surface area contributed by atoms with Crippen molar-refractivity contribution in [2.75, 3.05) is 31.1 Å². The van der Waals surface area contributed by atoms with E-state index in [2.05, 4.69) is 4.98 Å². The van der Waals surface area contributed by atoms with E-state index in [4.69, 9.17) is 34.8 Å². The molecule has 1 amide bonds. The van der Waals surface area contributed by atoms with Crippen molar-refractivity contribution in [3.05, 3.63) is 56.7 Å². The topological polar surface area (TPSA) is 36.4 Å². The molecule has 1 saturated heterocycles. The molecular formula is C17H13Cl3F3N3O. The lowest BCUT2D eigenvalue weighted by Gasteiger charge is -2.36. The van der Waals surface area contributed by atoms with Gasteiger partial charge in [-0.1, -0.05) is 34.8 Å². The highest BCUT2D eigenvalue weighted by atomic mass is 35.5. The summed E-state index contributed by atoms with van der Waals surface area (Å²) in [4.78, 5) is 19.8. The number of carbonyl (C=O) groups is 1. The summed E-state index contributed by atoms with van der Waals surface area (Å²) in [5.74, 6) is 0.0316. The number of halogens is 6. The zero-order chi connectivity index (χ0) is 19.8. The lowest BCUT2D eigenvalue weighted by molar-refractivity contribution is -0.137. The number of hydrogen-bond acceptors (Lipinski definition) is 3. The average Bonchev–Trinajstić information content (AvgIpc) is 2.60.